The van der Waals surface area contributed by atoms with Crippen LogP contribution in [0.2, 0.25) is 0 Å². The molecule has 0 aliphatic carbocycles. The molecular formula is C19H17N3O2. The van der Waals surface area contributed by atoms with Crippen LogP contribution in [0.1, 0.15) is 33.3 Å². The van der Waals surface area contributed by atoms with Gasteiger partial charge in [-0.3, -0.25) is 0 Å². The highest BCUT2D eigenvalue weighted by Gasteiger charge is 2.26. The SMILES string of the molecule is Cc1ccc2c(c1)-c1cc(C)nn1[C@H](c1ccc(C(=O)O)cc1)N2. The number of aromatic carboxylic acids is 1. The molecule has 0 saturated carbocycles. The van der Waals surface area contributed by atoms with Gasteiger partial charge in [0.15, 0.2) is 0 Å². The van der Waals surface area contributed by atoms with Crippen molar-refractivity contribution < 1.29 is 9.90 Å². The summed E-state index contributed by atoms with van der Waals surface area (Å²) in [6.45, 7) is 4.05. The summed E-state index contributed by atoms with van der Waals surface area (Å²) < 4.78 is 1.97. The van der Waals surface area contributed by atoms with Crippen LogP contribution in [0.5, 0.6) is 0 Å². The Labute approximate surface area is 139 Å². The van der Waals surface area contributed by atoms with E-state index >= 15 is 0 Å². The summed E-state index contributed by atoms with van der Waals surface area (Å²) in [5.74, 6) is -0.922. The molecule has 0 saturated heterocycles. The molecule has 24 heavy (non-hydrogen) atoms. The lowest BCUT2D eigenvalue weighted by molar-refractivity contribution is 0.0697. The maximum Gasteiger partial charge on any atom is 0.335 e. The van der Waals surface area contributed by atoms with E-state index < -0.39 is 5.97 Å². The zero-order chi connectivity index (χ0) is 16.8. The number of carbonyl (C=O) groups is 1. The summed E-state index contributed by atoms with van der Waals surface area (Å²) >= 11 is 0. The Balaban J connectivity index is 1.83. The molecule has 5 heteroatoms. The second-order valence-electron chi connectivity index (χ2n) is 6.14. The van der Waals surface area contributed by atoms with Crippen LogP contribution >= 0.6 is 0 Å². The van der Waals surface area contributed by atoms with E-state index in [0.717, 1.165) is 28.2 Å². The van der Waals surface area contributed by atoms with Crippen LogP contribution in [-0.2, 0) is 0 Å². The van der Waals surface area contributed by atoms with Crippen molar-refractivity contribution in [3.8, 4) is 11.3 Å². The second-order valence-corrected chi connectivity index (χ2v) is 6.14. The van der Waals surface area contributed by atoms with E-state index in [0.29, 0.717) is 0 Å². The fourth-order valence-electron chi connectivity index (χ4n) is 3.15. The van der Waals surface area contributed by atoms with Gasteiger partial charge in [0.25, 0.3) is 0 Å². The lowest BCUT2D eigenvalue weighted by atomic mass is 10.0. The van der Waals surface area contributed by atoms with Gasteiger partial charge in [0.05, 0.1) is 17.0 Å². The summed E-state index contributed by atoms with van der Waals surface area (Å²) in [4.78, 5) is 11.1. The van der Waals surface area contributed by atoms with Crippen LogP contribution in [0.25, 0.3) is 11.3 Å². The Morgan fingerprint density at radius 2 is 1.88 bits per heavy atom. The summed E-state index contributed by atoms with van der Waals surface area (Å²) in [5, 5.41) is 17.2. The smallest absolute Gasteiger partial charge is 0.335 e. The van der Waals surface area contributed by atoms with E-state index in [4.69, 9.17) is 5.11 Å². The number of hydrogen-bond acceptors (Lipinski definition) is 3. The normalized spacial score (nSPS) is 15.3. The predicted molar refractivity (Wildman–Crippen MR) is 92.3 cm³/mol. The molecule has 1 aromatic heterocycles. The average Bonchev–Trinajstić information content (AvgIpc) is 2.96. The first-order valence-corrected chi connectivity index (χ1v) is 7.80. The molecule has 0 amide bonds. The minimum atomic E-state index is -0.922. The molecule has 2 heterocycles. The molecule has 0 unspecified atom stereocenters. The van der Waals surface area contributed by atoms with Crippen LogP contribution in [0, 0.1) is 13.8 Å². The molecule has 2 N–H and O–H groups in total. The quantitative estimate of drug-likeness (QED) is 0.753. The molecule has 5 nitrogen and oxygen atoms in total. The Kier molecular flexibility index (Phi) is 3.16. The van der Waals surface area contributed by atoms with Gasteiger partial charge in [0, 0.05) is 11.3 Å². The molecule has 1 aliphatic rings. The zero-order valence-corrected chi connectivity index (χ0v) is 13.4. The van der Waals surface area contributed by atoms with E-state index in [1.807, 2.05) is 23.7 Å². The van der Waals surface area contributed by atoms with Crippen molar-refractivity contribution in [3.63, 3.8) is 0 Å². The first-order valence-electron chi connectivity index (χ1n) is 7.80. The summed E-state index contributed by atoms with van der Waals surface area (Å²) in [6.07, 6.45) is -0.160. The van der Waals surface area contributed by atoms with Gasteiger partial charge in [-0.1, -0.05) is 23.8 Å². The number of carboxylic acid groups (broad SMARTS) is 1. The molecule has 3 aromatic rings. The van der Waals surface area contributed by atoms with E-state index in [9.17, 15) is 4.79 Å². The number of nitrogens with one attached hydrogen (secondary N) is 1. The third-order valence-electron chi connectivity index (χ3n) is 4.32. The van der Waals surface area contributed by atoms with Gasteiger partial charge in [-0.15, -0.1) is 0 Å². The van der Waals surface area contributed by atoms with Gasteiger partial charge < -0.3 is 10.4 Å². The van der Waals surface area contributed by atoms with E-state index in [2.05, 4.69) is 41.6 Å². The molecule has 0 spiro atoms. The maximum absolute atomic E-state index is 11.1. The van der Waals surface area contributed by atoms with Crippen LogP contribution in [0.3, 0.4) is 0 Å². The number of fused-ring (bicyclic) bond motifs is 3. The molecule has 4 rings (SSSR count). The zero-order valence-electron chi connectivity index (χ0n) is 13.4. The number of aromatic nitrogens is 2. The molecular weight excluding hydrogens is 302 g/mol. The Hall–Kier alpha value is -3.08. The summed E-state index contributed by atoms with van der Waals surface area (Å²) in [6, 6.07) is 15.3. The number of carboxylic acids is 1. The molecule has 1 atom stereocenters. The maximum atomic E-state index is 11.1. The topological polar surface area (TPSA) is 67.2 Å². The largest absolute Gasteiger partial charge is 0.478 e. The van der Waals surface area contributed by atoms with Gasteiger partial charge in [0.2, 0.25) is 0 Å². The van der Waals surface area contributed by atoms with Crippen molar-refractivity contribution in [1.82, 2.24) is 9.78 Å². The van der Waals surface area contributed by atoms with E-state index in [-0.39, 0.29) is 11.7 Å². The molecule has 0 fully saturated rings. The molecule has 1 aliphatic heterocycles. The minimum absolute atomic E-state index is 0.160. The molecule has 0 radical (unpaired) electrons. The minimum Gasteiger partial charge on any atom is -0.478 e. The van der Waals surface area contributed by atoms with Gasteiger partial charge in [-0.2, -0.15) is 5.10 Å². The second kappa shape index (κ2) is 5.23. The number of anilines is 1. The van der Waals surface area contributed by atoms with Gasteiger partial charge in [-0.25, -0.2) is 9.48 Å². The highest BCUT2D eigenvalue weighted by molar-refractivity contribution is 5.87. The van der Waals surface area contributed by atoms with Crippen molar-refractivity contribution in [2.75, 3.05) is 5.32 Å². The lowest BCUT2D eigenvalue weighted by Crippen LogP contribution is -2.25. The Morgan fingerprint density at radius 1 is 1.12 bits per heavy atom. The first kappa shape index (κ1) is 14.5. The van der Waals surface area contributed by atoms with Crippen LogP contribution in [0.15, 0.2) is 48.5 Å². The first-order chi connectivity index (χ1) is 11.5. The van der Waals surface area contributed by atoms with Crippen molar-refractivity contribution in [1.29, 1.82) is 0 Å². The summed E-state index contributed by atoms with van der Waals surface area (Å²) in [7, 11) is 0. The van der Waals surface area contributed by atoms with E-state index in [1.165, 1.54) is 5.56 Å². The monoisotopic (exact) mass is 319 g/mol. The number of hydrogen-bond donors (Lipinski definition) is 2. The predicted octanol–water partition coefficient (Wildman–Crippen LogP) is 3.84. The number of benzene rings is 2. The standard InChI is InChI=1S/C19H17N3O2/c1-11-3-8-16-15(9-11)17-10-12(2)21-22(17)18(20-16)13-4-6-14(7-5-13)19(23)24/h3-10,18,20H,1-2H3,(H,23,24)/t18-/m1/s1. The lowest BCUT2D eigenvalue weighted by Gasteiger charge is -2.29. The summed E-state index contributed by atoms with van der Waals surface area (Å²) in [5.41, 5.74) is 6.66. The average molecular weight is 319 g/mol. The third-order valence-corrected chi connectivity index (χ3v) is 4.32. The Bertz CT molecular complexity index is 942. The van der Waals surface area contributed by atoms with Gasteiger partial charge >= 0.3 is 5.97 Å². The highest BCUT2D eigenvalue weighted by atomic mass is 16.4. The molecule has 120 valence electrons. The fourth-order valence-corrected chi connectivity index (χ4v) is 3.15. The van der Waals surface area contributed by atoms with Crippen LogP contribution in [-0.4, -0.2) is 20.9 Å². The third kappa shape index (κ3) is 2.25. The van der Waals surface area contributed by atoms with Crippen molar-refractivity contribution in [2.24, 2.45) is 0 Å². The number of aryl methyl sites for hydroxylation is 2. The van der Waals surface area contributed by atoms with Crippen LogP contribution in [0.4, 0.5) is 5.69 Å². The van der Waals surface area contributed by atoms with E-state index in [1.54, 1.807) is 12.1 Å². The Morgan fingerprint density at radius 3 is 2.58 bits per heavy atom. The molecule has 0 bridgehead atoms. The van der Waals surface area contributed by atoms with Crippen molar-refractivity contribution >= 4 is 11.7 Å². The highest BCUT2D eigenvalue weighted by Crippen LogP contribution is 2.38. The van der Waals surface area contributed by atoms with Crippen molar-refractivity contribution in [3.05, 3.63) is 70.9 Å². The van der Waals surface area contributed by atoms with Crippen molar-refractivity contribution in [2.45, 2.75) is 20.0 Å². The number of nitrogens with zero attached hydrogens (tertiary/aromatic N) is 2. The molecule has 2 aromatic carbocycles. The number of rotatable bonds is 2. The fraction of sp³-hybridized carbons (Fsp3) is 0.158. The van der Waals surface area contributed by atoms with Gasteiger partial charge in [0.1, 0.15) is 6.17 Å². The van der Waals surface area contributed by atoms with Gasteiger partial charge in [-0.05, 0) is 49.7 Å². The van der Waals surface area contributed by atoms with Crippen LogP contribution < -0.4 is 5.32 Å².